The van der Waals surface area contributed by atoms with E-state index in [9.17, 15) is 14.4 Å². The number of hydrogen-bond donors (Lipinski definition) is 1. The number of carbonyl (C=O) groups is 3. The maximum atomic E-state index is 13.1. The van der Waals surface area contributed by atoms with Crippen LogP contribution in [0.4, 0.5) is 0 Å². The van der Waals surface area contributed by atoms with E-state index >= 15 is 0 Å². The third-order valence-corrected chi connectivity index (χ3v) is 5.88. The summed E-state index contributed by atoms with van der Waals surface area (Å²) in [6.45, 7) is 2.41. The van der Waals surface area contributed by atoms with Crippen molar-refractivity contribution in [3.63, 3.8) is 0 Å². The molecule has 2 aliphatic heterocycles. The highest BCUT2D eigenvalue weighted by Crippen LogP contribution is 2.26. The lowest BCUT2D eigenvalue weighted by molar-refractivity contribution is -0.127. The number of rotatable bonds is 8. The molecule has 2 heterocycles. The zero-order chi connectivity index (χ0) is 20.9. The lowest BCUT2D eigenvalue weighted by atomic mass is 10.0. The minimum Gasteiger partial charge on any atom is -0.354 e. The van der Waals surface area contributed by atoms with Gasteiger partial charge in [0.1, 0.15) is 6.04 Å². The Morgan fingerprint density at radius 3 is 2.53 bits per heavy atom. The van der Waals surface area contributed by atoms with Crippen molar-refractivity contribution in [2.75, 3.05) is 19.6 Å². The normalized spacial score (nSPS) is 16.7. The number of likely N-dealkylation sites (tertiary alicyclic amines) is 1. The fourth-order valence-corrected chi connectivity index (χ4v) is 4.25. The van der Waals surface area contributed by atoms with Gasteiger partial charge < -0.3 is 15.1 Å². The van der Waals surface area contributed by atoms with Crippen LogP contribution in [-0.2, 0) is 22.6 Å². The zero-order valence-corrected chi connectivity index (χ0v) is 17.0. The molecule has 6 heteroatoms. The van der Waals surface area contributed by atoms with Crippen LogP contribution in [0.15, 0.2) is 54.6 Å². The monoisotopic (exact) mass is 405 g/mol. The smallest absolute Gasteiger partial charge is 0.255 e. The summed E-state index contributed by atoms with van der Waals surface area (Å²) >= 11 is 0. The summed E-state index contributed by atoms with van der Waals surface area (Å²) in [5, 5.41) is 3.00. The maximum absolute atomic E-state index is 13.1. The van der Waals surface area contributed by atoms with E-state index in [1.807, 2.05) is 59.5 Å². The van der Waals surface area contributed by atoms with Gasteiger partial charge in [-0.05, 0) is 30.0 Å². The summed E-state index contributed by atoms with van der Waals surface area (Å²) in [7, 11) is 0. The van der Waals surface area contributed by atoms with Gasteiger partial charge in [0, 0.05) is 44.6 Å². The number of amides is 3. The lowest BCUT2D eigenvalue weighted by Gasteiger charge is -2.27. The first-order valence-corrected chi connectivity index (χ1v) is 10.6. The summed E-state index contributed by atoms with van der Waals surface area (Å²) in [5.74, 6) is -0.0409. The minimum absolute atomic E-state index is 0.0932. The molecule has 2 aromatic rings. The first kappa shape index (κ1) is 20.1. The third-order valence-electron chi connectivity index (χ3n) is 5.88. The lowest BCUT2D eigenvalue weighted by Crippen LogP contribution is -2.48. The first-order valence-electron chi connectivity index (χ1n) is 10.6. The van der Waals surface area contributed by atoms with E-state index in [2.05, 4.69) is 5.32 Å². The zero-order valence-electron chi connectivity index (χ0n) is 17.0. The van der Waals surface area contributed by atoms with Crippen LogP contribution >= 0.6 is 0 Å². The first-order chi connectivity index (χ1) is 14.6. The van der Waals surface area contributed by atoms with E-state index in [1.165, 1.54) is 0 Å². The van der Waals surface area contributed by atoms with Crippen LogP contribution in [0.5, 0.6) is 0 Å². The highest BCUT2D eigenvalue weighted by molar-refractivity contribution is 6.01. The molecule has 0 radical (unpaired) electrons. The number of fused-ring (bicyclic) bond motifs is 1. The quantitative estimate of drug-likeness (QED) is 0.686. The molecule has 1 atom stereocenters. The SMILES string of the molecule is O=C(NCCCN1CCCC1=O)[C@H](Cc1ccccc1)N1Cc2ccccc2C1=O. The van der Waals surface area contributed by atoms with Gasteiger partial charge in [-0.1, -0.05) is 48.5 Å². The van der Waals surface area contributed by atoms with Crippen molar-refractivity contribution >= 4 is 17.7 Å². The molecule has 2 aromatic carbocycles. The topological polar surface area (TPSA) is 69.7 Å². The van der Waals surface area contributed by atoms with Gasteiger partial charge in [0.05, 0.1) is 0 Å². The molecule has 156 valence electrons. The van der Waals surface area contributed by atoms with Crippen LogP contribution < -0.4 is 5.32 Å². The van der Waals surface area contributed by atoms with Crippen molar-refractivity contribution in [3.05, 3.63) is 71.3 Å². The molecule has 0 bridgehead atoms. The molecule has 30 heavy (non-hydrogen) atoms. The molecular weight excluding hydrogens is 378 g/mol. The van der Waals surface area contributed by atoms with E-state index in [0.29, 0.717) is 44.5 Å². The fourth-order valence-electron chi connectivity index (χ4n) is 4.25. The number of carbonyl (C=O) groups excluding carboxylic acids is 3. The van der Waals surface area contributed by atoms with E-state index in [1.54, 1.807) is 4.90 Å². The second-order valence-electron chi connectivity index (χ2n) is 7.92. The molecule has 6 nitrogen and oxygen atoms in total. The summed E-state index contributed by atoms with van der Waals surface area (Å²) < 4.78 is 0. The molecule has 0 unspecified atom stereocenters. The Morgan fingerprint density at radius 2 is 1.80 bits per heavy atom. The Hall–Kier alpha value is -3.15. The third kappa shape index (κ3) is 4.37. The van der Waals surface area contributed by atoms with Gasteiger partial charge in [-0.3, -0.25) is 14.4 Å². The summed E-state index contributed by atoms with van der Waals surface area (Å²) in [6, 6.07) is 16.7. The molecule has 1 fully saturated rings. The van der Waals surface area contributed by atoms with Crippen molar-refractivity contribution in [1.82, 2.24) is 15.1 Å². The van der Waals surface area contributed by atoms with Gasteiger partial charge in [0.15, 0.2) is 0 Å². The van der Waals surface area contributed by atoms with Crippen molar-refractivity contribution < 1.29 is 14.4 Å². The van der Waals surface area contributed by atoms with Crippen LogP contribution in [0, 0.1) is 0 Å². The molecule has 0 saturated carbocycles. The summed E-state index contributed by atoms with van der Waals surface area (Å²) in [5.41, 5.74) is 2.65. The fraction of sp³-hybridized carbons (Fsp3) is 0.375. The second-order valence-corrected chi connectivity index (χ2v) is 7.92. The van der Waals surface area contributed by atoms with Crippen molar-refractivity contribution in [2.24, 2.45) is 0 Å². The largest absolute Gasteiger partial charge is 0.354 e. The maximum Gasteiger partial charge on any atom is 0.255 e. The molecule has 4 rings (SSSR count). The van der Waals surface area contributed by atoms with Gasteiger partial charge in [-0.25, -0.2) is 0 Å². The average Bonchev–Trinajstić information content (AvgIpc) is 3.33. The molecule has 1 saturated heterocycles. The predicted molar refractivity (Wildman–Crippen MR) is 114 cm³/mol. The van der Waals surface area contributed by atoms with E-state index in [-0.39, 0.29) is 17.7 Å². The highest BCUT2D eigenvalue weighted by atomic mass is 16.2. The van der Waals surface area contributed by atoms with Crippen LogP contribution in [0.2, 0.25) is 0 Å². The number of nitrogens with one attached hydrogen (secondary N) is 1. The Bertz CT molecular complexity index is 928. The highest BCUT2D eigenvalue weighted by Gasteiger charge is 2.36. The molecule has 2 aliphatic rings. The Labute approximate surface area is 176 Å². The Kier molecular flexibility index (Phi) is 6.12. The van der Waals surface area contributed by atoms with Gasteiger partial charge in [0.25, 0.3) is 5.91 Å². The standard InChI is InChI=1S/C24H27N3O3/c28-22-12-6-14-26(22)15-7-13-25-23(29)21(16-18-8-2-1-3-9-18)27-17-19-10-4-5-11-20(19)24(27)30/h1-5,8-11,21H,6-7,12-17H2,(H,25,29)/t21-/m0/s1. The molecule has 0 aromatic heterocycles. The van der Waals surface area contributed by atoms with Gasteiger partial charge in [-0.15, -0.1) is 0 Å². The number of nitrogens with zero attached hydrogens (tertiary/aromatic N) is 2. The minimum atomic E-state index is -0.569. The second kappa shape index (κ2) is 9.11. The molecule has 1 N–H and O–H groups in total. The van der Waals surface area contributed by atoms with Gasteiger partial charge >= 0.3 is 0 Å². The molecule has 0 spiro atoms. The summed E-state index contributed by atoms with van der Waals surface area (Å²) in [6.07, 6.45) is 2.73. The van der Waals surface area contributed by atoms with Crippen LogP contribution in [0.1, 0.15) is 40.7 Å². The molecule has 3 amide bonds. The molecular formula is C24H27N3O3. The summed E-state index contributed by atoms with van der Waals surface area (Å²) in [4.78, 5) is 41.3. The van der Waals surface area contributed by atoms with Crippen molar-refractivity contribution in [1.29, 1.82) is 0 Å². The Morgan fingerprint density at radius 1 is 1.03 bits per heavy atom. The van der Waals surface area contributed by atoms with Crippen LogP contribution in [-0.4, -0.2) is 53.2 Å². The average molecular weight is 405 g/mol. The van der Waals surface area contributed by atoms with Crippen LogP contribution in [0.3, 0.4) is 0 Å². The molecule has 0 aliphatic carbocycles. The van der Waals surface area contributed by atoms with E-state index < -0.39 is 6.04 Å². The predicted octanol–water partition coefficient (Wildman–Crippen LogP) is 2.38. The van der Waals surface area contributed by atoms with Crippen LogP contribution in [0.25, 0.3) is 0 Å². The van der Waals surface area contributed by atoms with E-state index in [0.717, 1.165) is 24.1 Å². The van der Waals surface area contributed by atoms with Gasteiger partial charge in [0.2, 0.25) is 11.8 Å². The number of benzene rings is 2. The van der Waals surface area contributed by atoms with Crippen molar-refractivity contribution in [2.45, 2.75) is 38.3 Å². The van der Waals surface area contributed by atoms with Gasteiger partial charge in [-0.2, -0.15) is 0 Å². The Balaban J connectivity index is 1.42. The number of hydrogen-bond acceptors (Lipinski definition) is 3. The van der Waals surface area contributed by atoms with Crippen molar-refractivity contribution in [3.8, 4) is 0 Å². The van der Waals surface area contributed by atoms with E-state index in [4.69, 9.17) is 0 Å².